The van der Waals surface area contributed by atoms with Crippen LogP contribution in [0.3, 0.4) is 0 Å². The monoisotopic (exact) mass is 294 g/mol. The van der Waals surface area contributed by atoms with E-state index >= 15 is 0 Å². The normalized spacial score (nSPS) is 36.1. The molecule has 0 aromatic carbocycles. The van der Waals surface area contributed by atoms with Crippen molar-refractivity contribution in [2.45, 2.75) is 36.3 Å². The highest BCUT2D eigenvalue weighted by molar-refractivity contribution is 7.99. The van der Waals surface area contributed by atoms with Crippen molar-refractivity contribution in [1.29, 1.82) is 0 Å². The lowest BCUT2D eigenvalue weighted by Crippen LogP contribution is -2.57. The van der Waals surface area contributed by atoms with Gasteiger partial charge >= 0.3 is 0 Å². The van der Waals surface area contributed by atoms with E-state index < -0.39 is 35.8 Å². The number of nitrogens with two attached hydrogens (primary N) is 1. The predicted molar refractivity (Wildman–Crippen MR) is 68.5 cm³/mol. The zero-order valence-corrected chi connectivity index (χ0v) is 11.4. The first-order valence-electron chi connectivity index (χ1n) is 5.54. The molecule has 0 saturated carbocycles. The summed E-state index contributed by atoms with van der Waals surface area (Å²) in [5.41, 5.74) is 4.29. The molecule has 19 heavy (non-hydrogen) atoms. The number of ether oxygens (including phenoxy) is 1. The summed E-state index contributed by atoms with van der Waals surface area (Å²) in [6.45, 7) is 0. The van der Waals surface area contributed by atoms with Crippen LogP contribution in [0.15, 0.2) is 5.16 Å². The minimum absolute atomic E-state index is 0.116. The second-order valence-electron chi connectivity index (χ2n) is 4.04. The second-order valence-corrected chi connectivity index (χ2v) is 4.98. The highest BCUT2D eigenvalue weighted by atomic mass is 32.2. The third-order valence-electron chi connectivity index (χ3n) is 2.78. The van der Waals surface area contributed by atoms with Crippen molar-refractivity contribution in [2.24, 2.45) is 10.9 Å². The fourth-order valence-electron chi connectivity index (χ4n) is 1.76. The zero-order chi connectivity index (χ0) is 14.6. The van der Waals surface area contributed by atoms with Gasteiger partial charge in [0.1, 0.15) is 36.6 Å². The van der Waals surface area contributed by atoms with Gasteiger partial charge in [0.15, 0.2) is 0 Å². The van der Waals surface area contributed by atoms with Crippen LogP contribution >= 0.6 is 11.8 Å². The number of primary amides is 1. The van der Waals surface area contributed by atoms with Gasteiger partial charge in [0.25, 0.3) is 5.91 Å². The number of aliphatic hydroxyl groups is 3. The highest BCUT2D eigenvalue weighted by Gasteiger charge is 2.44. The molecule has 0 bridgehead atoms. The Morgan fingerprint density at radius 2 is 2.00 bits per heavy atom. The number of nitrogens with zero attached hydrogens (tertiary/aromatic N) is 1. The van der Waals surface area contributed by atoms with Crippen LogP contribution in [-0.2, 0) is 14.4 Å². The van der Waals surface area contributed by atoms with Crippen LogP contribution in [0.1, 0.15) is 6.42 Å². The van der Waals surface area contributed by atoms with E-state index in [4.69, 9.17) is 10.5 Å². The summed E-state index contributed by atoms with van der Waals surface area (Å²) in [6, 6.07) is 0. The Balaban J connectivity index is 2.81. The molecule has 0 aromatic rings. The van der Waals surface area contributed by atoms with Crippen LogP contribution in [0.25, 0.3) is 0 Å². The summed E-state index contributed by atoms with van der Waals surface area (Å²) < 4.78 is 5.42. The van der Waals surface area contributed by atoms with E-state index in [1.54, 1.807) is 6.26 Å². The molecular formula is C10H18N2O6S. The Morgan fingerprint density at radius 3 is 2.47 bits per heavy atom. The fraction of sp³-hybridized carbons (Fsp3) is 0.800. The van der Waals surface area contributed by atoms with E-state index in [9.17, 15) is 20.1 Å². The van der Waals surface area contributed by atoms with Gasteiger partial charge < -0.3 is 30.6 Å². The molecule has 9 heteroatoms. The van der Waals surface area contributed by atoms with Crippen LogP contribution in [-0.4, -0.2) is 70.2 Å². The first-order chi connectivity index (χ1) is 8.92. The quantitative estimate of drug-likeness (QED) is 0.341. The molecule has 1 amide bonds. The molecule has 1 aliphatic heterocycles. The first-order valence-corrected chi connectivity index (χ1v) is 6.83. The largest absolute Gasteiger partial charge is 0.399 e. The van der Waals surface area contributed by atoms with Crippen molar-refractivity contribution in [2.75, 3.05) is 13.4 Å². The first kappa shape index (κ1) is 16.2. The molecule has 5 atom stereocenters. The molecular weight excluding hydrogens is 276 g/mol. The lowest BCUT2D eigenvalue weighted by Gasteiger charge is -2.39. The Labute approximate surface area is 114 Å². The maximum Gasteiger partial charge on any atom is 0.266 e. The topological polar surface area (TPSA) is 135 Å². The minimum Gasteiger partial charge on any atom is -0.399 e. The summed E-state index contributed by atoms with van der Waals surface area (Å²) in [7, 11) is 1.25. The summed E-state index contributed by atoms with van der Waals surface area (Å²) in [5.74, 6) is -0.807. The molecule has 5 N–H and O–H groups in total. The van der Waals surface area contributed by atoms with Gasteiger partial charge in [0, 0.05) is 6.42 Å². The van der Waals surface area contributed by atoms with Crippen molar-refractivity contribution in [3.05, 3.63) is 0 Å². The lowest BCUT2D eigenvalue weighted by molar-refractivity contribution is -0.195. The van der Waals surface area contributed by atoms with Gasteiger partial charge in [0.2, 0.25) is 0 Å². The standard InChI is InChI=1S/C10H18N2O6S/c1-17-12-4(9(11)16)3-5-6(13)7(14)8(15)10(18-5)19-2/h5-8,10,13-15H,3H2,1-2H3,(H2,11,16). The Morgan fingerprint density at radius 1 is 1.37 bits per heavy atom. The van der Waals surface area contributed by atoms with Gasteiger partial charge in [-0.2, -0.15) is 0 Å². The van der Waals surface area contributed by atoms with Gasteiger partial charge in [-0.15, -0.1) is 11.8 Å². The molecule has 110 valence electrons. The minimum atomic E-state index is -1.37. The van der Waals surface area contributed by atoms with E-state index in [0.29, 0.717) is 0 Å². The van der Waals surface area contributed by atoms with Crippen LogP contribution in [0, 0.1) is 0 Å². The number of carbonyl (C=O) groups excluding carboxylic acids is 1. The molecule has 1 aliphatic rings. The summed E-state index contributed by atoms with van der Waals surface area (Å²) in [5, 5.41) is 32.7. The van der Waals surface area contributed by atoms with Crippen LogP contribution in [0.4, 0.5) is 0 Å². The highest BCUT2D eigenvalue weighted by Crippen LogP contribution is 2.28. The number of carbonyl (C=O) groups is 1. The van der Waals surface area contributed by atoms with E-state index in [1.165, 1.54) is 18.9 Å². The van der Waals surface area contributed by atoms with Crippen molar-refractivity contribution in [3.63, 3.8) is 0 Å². The number of hydrogen-bond donors (Lipinski definition) is 4. The van der Waals surface area contributed by atoms with Crippen LogP contribution in [0.2, 0.25) is 0 Å². The average molecular weight is 294 g/mol. The maximum atomic E-state index is 11.1. The molecule has 0 aliphatic carbocycles. The molecule has 1 heterocycles. The number of amides is 1. The van der Waals surface area contributed by atoms with Gasteiger partial charge in [-0.25, -0.2) is 0 Å². The number of rotatable bonds is 5. The van der Waals surface area contributed by atoms with Gasteiger partial charge in [0.05, 0.1) is 6.10 Å². The number of hydrogen-bond acceptors (Lipinski definition) is 8. The zero-order valence-electron chi connectivity index (χ0n) is 10.6. The summed E-state index contributed by atoms with van der Waals surface area (Å²) >= 11 is 1.18. The summed E-state index contributed by atoms with van der Waals surface area (Å²) in [6.07, 6.45) is -3.26. The van der Waals surface area contributed by atoms with Gasteiger partial charge in [-0.3, -0.25) is 4.79 Å². The third kappa shape index (κ3) is 3.80. The third-order valence-corrected chi connectivity index (χ3v) is 3.64. The average Bonchev–Trinajstić information content (AvgIpc) is 2.38. The maximum absolute atomic E-state index is 11.1. The fourth-order valence-corrected chi connectivity index (χ4v) is 2.46. The van der Waals surface area contributed by atoms with E-state index in [2.05, 4.69) is 9.99 Å². The van der Waals surface area contributed by atoms with Gasteiger partial charge in [-0.1, -0.05) is 5.16 Å². The van der Waals surface area contributed by atoms with E-state index in [-0.39, 0.29) is 12.1 Å². The lowest BCUT2D eigenvalue weighted by atomic mass is 9.96. The molecule has 0 radical (unpaired) electrons. The van der Waals surface area contributed by atoms with Crippen molar-refractivity contribution < 1.29 is 29.7 Å². The molecule has 5 unspecified atom stereocenters. The predicted octanol–water partition coefficient (Wildman–Crippen LogP) is -1.97. The Hall–Kier alpha value is -0.870. The molecule has 0 spiro atoms. The molecule has 0 aromatic heterocycles. The molecule has 1 rings (SSSR count). The number of oxime groups is 1. The number of thioether (sulfide) groups is 1. The second kappa shape index (κ2) is 7.06. The van der Waals surface area contributed by atoms with Crippen LogP contribution in [0.5, 0.6) is 0 Å². The van der Waals surface area contributed by atoms with E-state index in [0.717, 1.165) is 0 Å². The van der Waals surface area contributed by atoms with Crippen molar-refractivity contribution in [1.82, 2.24) is 0 Å². The number of aliphatic hydroxyl groups excluding tert-OH is 3. The SMILES string of the molecule is CON=C(CC1OC(SC)C(O)C(O)C1O)C(N)=O. The Bertz CT molecular complexity index is 351. The smallest absolute Gasteiger partial charge is 0.266 e. The Kier molecular flexibility index (Phi) is 6.01. The van der Waals surface area contributed by atoms with E-state index in [1.807, 2.05) is 0 Å². The summed E-state index contributed by atoms with van der Waals surface area (Å²) in [4.78, 5) is 15.6. The van der Waals surface area contributed by atoms with Crippen LogP contribution < -0.4 is 5.73 Å². The molecule has 1 fully saturated rings. The van der Waals surface area contributed by atoms with Gasteiger partial charge in [-0.05, 0) is 6.26 Å². The van der Waals surface area contributed by atoms with Crippen molar-refractivity contribution >= 4 is 23.4 Å². The molecule has 1 saturated heterocycles. The molecule has 8 nitrogen and oxygen atoms in total. The van der Waals surface area contributed by atoms with Crippen molar-refractivity contribution in [3.8, 4) is 0 Å².